The van der Waals surface area contributed by atoms with Crippen LogP contribution in [-0.2, 0) is 37.1 Å². The zero-order valence-corrected chi connectivity index (χ0v) is 17.9. The maximum absolute atomic E-state index is 10.6. The SMILES string of the molecule is NCC(N)C(=O)CC(=O)O.O=S(=O)(O)O.OSO.[Fe].[H-].[H-].[Na+].[Na+]. The van der Waals surface area contributed by atoms with Crippen molar-refractivity contribution in [3.63, 3.8) is 0 Å². The molecule has 0 rings (SSSR count). The molecule has 0 aliphatic rings. The largest absolute Gasteiger partial charge is 1.00 e. The van der Waals surface area contributed by atoms with E-state index in [4.69, 9.17) is 43.2 Å². The fourth-order valence-electron chi connectivity index (χ4n) is 0.412. The summed E-state index contributed by atoms with van der Waals surface area (Å²) in [5.74, 6) is -1.70. The molecule has 0 heterocycles. The van der Waals surface area contributed by atoms with Crippen molar-refractivity contribution in [2.24, 2.45) is 11.5 Å². The summed E-state index contributed by atoms with van der Waals surface area (Å²) in [4.78, 5) is 20.5. The number of Topliss-reactive ketones (excluding diaryl/α,β-unsaturated/α-hetero) is 1. The van der Waals surface area contributed by atoms with E-state index in [1.54, 1.807) is 0 Å². The molecule has 0 saturated heterocycles. The molecular weight excluding hydrogens is 398 g/mol. The predicted octanol–water partition coefficient (Wildman–Crippen LogP) is -7.44. The van der Waals surface area contributed by atoms with Crippen LogP contribution in [0.2, 0.25) is 0 Å². The van der Waals surface area contributed by atoms with Crippen LogP contribution in [0.5, 0.6) is 0 Å². The van der Waals surface area contributed by atoms with Crippen molar-refractivity contribution in [2.45, 2.75) is 12.5 Å². The molecule has 0 bridgehead atoms. The monoisotopic (exact) mass is 414 g/mol. The maximum atomic E-state index is 10.6. The number of aliphatic carboxylic acids is 1. The van der Waals surface area contributed by atoms with Crippen LogP contribution in [0.15, 0.2) is 0 Å². The summed E-state index contributed by atoms with van der Waals surface area (Å²) in [5.41, 5.74) is 10.1. The Morgan fingerprint density at radius 2 is 1.43 bits per heavy atom. The number of rotatable bonds is 4. The first-order valence-corrected chi connectivity index (χ1v) is 5.97. The topological polar surface area (TPSA) is 221 Å². The van der Waals surface area contributed by atoms with Gasteiger partial charge in [0, 0.05) is 23.6 Å². The van der Waals surface area contributed by atoms with Crippen molar-refractivity contribution in [3.05, 3.63) is 0 Å². The standard InChI is InChI=1S/C5H10N2O3.Fe.2Na.H2O4S.H2O2S.2H/c6-2-3(7)4(8)1-5(9)10;;;;1-5(2,3)4;1-3-2;;/h3H,1-2,6-7H2,(H,9,10);;;;(H2,1,2,3,4);1-2H;;/q;;2*+1;;;2*-1. The van der Waals surface area contributed by atoms with Crippen molar-refractivity contribution in [3.8, 4) is 0 Å². The van der Waals surface area contributed by atoms with Crippen LogP contribution in [0.3, 0.4) is 0 Å². The third-order valence-electron chi connectivity index (χ3n) is 0.993. The first-order chi connectivity index (χ1) is 7.99. The summed E-state index contributed by atoms with van der Waals surface area (Å²) in [6.45, 7) is -0.00782. The molecule has 0 aromatic carbocycles. The van der Waals surface area contributed by atoms with E-state index in [0.29, 0.717) is 0 Å². The molecule has 1 atom stereocenters. The molecule has 16 heteroatoms. The Morgan fingerprint density at radius 3 is 1.57 bits per heavy atom. The second-order valence-corrected chi connectivity index (χ2v) is 3.47. The van der Waals surface area contributed by atoms with E-state index in [1.807, 2.05) is 0 Å². The third-order valence-corrected chi connectivity index (χ3v) is 0.993. The Hall–Kier alpha value is 1.72. The fourth-order valence-corrected chi connectivity index (χ4v) is 0.412. The molecule has 122 valence electrons. The van der Waals surface area contributed by atoms with Gasteiger partial charge in [-0.2, -0.15) is 8.42 Å². The van der Waals surface area contributed by atoms with Crippen molar-refractivity contribution in [1.82, 2.24) is 0 Å². The molecule has 21 heavy (non-hydrogen) atoms. The molecule has 1 unspecified atom stereocenters. The van der Waals surface area contributed by atoms with E-state index >= 15 is 0 Å². The Morgan fingerprint density at radius 1 is 1.19 bits per heavy atom. The first kappa shape index (κ1) is 38.3. The van der Waals surface area contributed by atoms with E-state index in [-0.39, 0.29) is 97.9 Å². The summed E-state index contributed by atoms with van der Waals surface area (Å²) in [7, 11) is -4.67. The quantitative estimate of drug-likeness (QED) is 0.0987. The number of carboxylic acids is 1. The Balaban J connectivity index is -0.0000000254. The van der Waals surface area contributed by atoms with Gasteiger partial charge in [-0.15, -0.1) is 0 Å². The molecule has 0 saturated carbocycles. The smallest absolute Gasteiger partial charge is 1.00 e. The molecule has 0 aromatic heterocycles. The van der Waals surface area contributed by atoms with Crippen molar-refractivity contribution < 1.29 is 120 Å². The summed E-state index contributed by atoms with van der Waals surface area (Å²) < 4.78 is 45.7. The number of nitrogens with two attached hydrogens (primary N) is 2. The molecule has 0 spiro atoms. The summed E-state index contributed by atoms with van der Waals surface area (Å²) in [6.07, 6.45) is -0.543. The molecule has 0 radical (unpaired) electrons. The van der Waals surface area contributed by atoms with Gasteiger partial charge >= 0.3 is 75.5 Å². The Kier molecular flexibility index (Phi) is 43.8. The average Bonchev–Trinajstić information content (AvgIpc) is 2.14. The minimum Gasteiger partial charge on any atom is -1.00 e. The molecule has 0 aliphatic carbocycles. The van der Waals surface area contributed by atoms with Crippen LogP contribution in [0.4, 0.5) is 0 Å². The van der Waals surface area contributed by atoms with Crippen LogP contribution >= 0.6 is 12.3 Å². The van der Waals surface area contributed by atoms with Gasteiger partial charge in [-0.05, 0) is 0 Å². The fraction of sp³-hybridized carbons (Fsp3) is 0.600. The second-order valence-electron chi connectivity index (χ2n) is 2.41. The van der Waals surface area contributed by atoms with Gasteiger partial charge in [-0.25, -0.2) is 0 Å². The number of ketones is 1. The van der Waals surface area contributed by atoms with Gasteiger partial charge in [0.15, 0.2) is 18.1 Å². The van der Waals surface area contributed by atoms with Crippen LogP contribution < -0.4 is 70.6 Å². The van der Waals surface area contributed by atoms with Gasteiger partial charge in [0.05, 0.1) is 6.04 Å². The molecule has 0 aliphatic heterocycles. The molecule has 0 amide bonds. The second kappa shape index (κ2) is 24.0. The molecule has 9 N–H and O–H groups in total. The Labute approximate surface area is 183 Å². The summed E-state index contributed by atoms with van der Waals surface area (Å²) in [5, 5.41) is 8.11. The summed E-state index contributed by atoms with van der Waals surface area (Å²) in [6, 6.07) is -0.837. The average molecular weight is 414 g/mol. The minimum atomic E-state index is -4.67. The Bertz CT molecular complexity index is 347. The number of hydrogen-bond donors (Lipinski definition) is 7. The van der Waals surface area contributed by atoms with Crippen LogP contribution in [0.25, 0.3) is 0 Å². The van der Waals surface area contributed by atoms with E-state index in [0.717, 1.165) is 0 Å². The van der Waals surface area contributed by atoms with E-state index < -0.39 is 34.6 Å². The van der Waals surface area contributed by atoms with Crippen molar-refractivity contribution >= 4 is 34.5 Å². The number of carbonyl (C=O) groups is 2. The van der Waals surface area contributed by atoms with Gasteiger partial charge in [0.25, 0.3) is 0 Å². The van der Waals surface area contributed by atoms with Gasteiger partial charge < -0.3 is 28.5 Å². The number of carbonyl (C=O) groups excluding carboxylic acids is 1. The molecule has 0 fully saturated rings. The zero-order chi connectivity index (χ0) is 15.4. The van der Waals surface area contributed by atoms with Crippen LogP contribution in [-0.4, -0.2) is 56.1 Å². The molecular formula is C5H16FeN2Na2O9S2. The first-order valence-electron chi connectivity index (χ1n) is 3.84. The predicted molar refractivity (Wildman–Crippen MR) is 63.5 cm³/mol. The summed E-state index contributed by atoms with van der Waals surface area (Å²) >= 11 is -0.250. The van der Waals surface area contributed by atoms with Gasteiger partial charge in [-0.1, -0.05) is 0 Å². The number of hydrogen-bond acceptors (Lipinski definition) is 9. The zero-order valence-electron chi connectivity index (χ0n) is 13.2. The third kappa shape index (κ3) is 61.5. The van der Waals surface area contributed by atoms with Crippen molar-refractivity contribution in [1.29, 1.82) is 0 Å². The maximum Gasteiger partial charge on any atom is 1.00 e. The molecule has 11 nitrogen and oxygen atoms in total. The van der Waals surface area contributed by atoms with Crippen LogP contribution in [0, 0.1) is 0 Å². The minimum absolute atomic E-state index is 0. The van der Waals surface area contributed by atoms with Crippen molar-refractivity contribution in [2.75, 3.05) is 6.54 Å². The van der Waals surface area contributed by atoms with Gasteiger partial charge in [0.1, 0.15) is 6.42 Å². The van der Waals surface area contributed by atoms with E-state index in [9.17, 15) is 9.59 Å². The van der Waals surface area contributed by atoms with E-state index in [2.05, 4.69) is 0 Å². The normalized spacial score (nSPS) is 9.62. The van der Waals surface area contributed by atoms with Gasteiger partial charge in [0.2, 0.25) is 0 Å². The van der Waals surface area contributed by atoms with E-state index in [1.165, 1.54) is 0 Å². The van der Waals surface area contributed by atoms with Crippen LogP contribution in [0.1, 0.15) is 9.27 Å². The van der Waals surface area contributed by atoms with Gasteiger partial charge in [-0.3, -0.25) is 18.7 Å². The number of carboxylic acid groups (broad SMARTS) is 1. The molecule has 0 aromatic rings.